The third-order valence-corrected chi connectivity index (χ3v) is 5.37. The van der Waals surface area contributed by atoms with Gasteiger partial charge in [-0.3, -0.25) is 9.69 Å². The van der Waals surface area contributed by atoms with Crippen LogP contribution in [0.25, 0.3) is 0 Å². The predicted octanol–water partition coefficient (Wildman–Crippen LogP) is 1.39. The van der Waals surface area contributed by atoms with Gasteiger partial charge in [0.2, 0.25) is 10.0 Å². The Morgan fingerprint density at radius 1 is 1.37 bits per heavy atom. The number of nitrogens with one attached hydrogen (secondary N) is 1. The number of rotatable bonds is 9. The fourth-order valence-electron chi connectivity index (χ4n) is 2.99. The van der Waals surface area contributed by atoms with Crippen LogP contribution in [0.2, 0.25) is 0 Å². The molecule has 1 aromatic rings. The van der Waals surface area contributed by atoms with E-state index in [0.717, 1.165) is 19.3 Å². The zero-order chi connectivity index (χ0) is 19.9. The minimum Gasteiger partial charge on any atom is -0.462 e. The maximum Gasteiger partial charge on any atom is 0.324 e. The molecule has 1 aromatic carbocycles. The van der Waals surface area contributed by atoms with Crippen LogP contribution in [0.4, 0.5) is 0 Å². The number of esters is 1. The Bertz CT molecular complexity index is 695. The molecular formula is C19H30N2O5S. The lowest BCUT2D eigenvalue weighted by molar-refractivity contribution is -0.154. The molecule has 0 amide bonds. The molecule has 0 radical (unpaired) electrons. The summed E-state index contributed by atoms with van der Waals surface area (Å²) >= 11 is 0. The lowest BCUT2D eigenvalue weighted by Gasteiger charge is -2.33. The fourth-order valence-corrected chi connectivity index (χ4v) is 3.78. The van der Waals surface area contributed by atoms with Gasteiger partial charge < -0.3 is 9.47 Å². The van der Waals surface area contributed by atoms with E-state index in [4.69, 9.17) is 9.47 Å². The second kappa shape index (κ2) is 10.2. The van der Waals surface area contributed by atoms with E-state index < -0.39 is 22.0 Å². The second-order valence-electron chi connectivity index (χ2n) is 7.10. The van der Waals surface area contributed by atoms with E-state index in [9.17, 15) is 13.2 Å². The molecule has 1 fully saturated rings. The molecule has 1 saturated heterocycles. The average Bonchev–Trinajstić information content (AvgIpc) is 2.64. The van der Waals surface area contributed by atoms with Crippen molar-refractivity contribution in [1.29, 1.82) is 0 Å². The highest BCUT2D eigenvalue weighted by molar-refractivity contribution is 7.88. The predicted molar refractivity (Wildman–Crippen MR) is 104 cm³/mol. The Kier molecular flexibility index (Phi) is 8.22. The second-order valence-corrected chi connectivity index (χ2v) is 8.88. The topological polar surface area (TPSA) is 84.9 Å². The largest absolute Gasteiger partial charge is 0.462 e. The minimum atomic E-state index is -3.50. The van der Waals surface area contributed by atoms with Crippen molar-refractivity contribution in [3.8, 4) is 0 Å². The molecule has 1 aliphatic rings. The van der Waals surface area contributed by atoms with Crippen LogP contribution in [0.5, 0.6) is 0 Å². The van der Waals surface area contributed by atoms with Crippen LogP contribution < -0.4 is 4.72 Å². The summed E-state index contributed by atoms with van der Waals surface area (Å²) in [4.78, 5) is 14.7. The van der Waals surface area contributed by atoms with Gasteiger partial charge in [0.15, 0.2) is 0 Å². The van der Waals surface area contributed by atoms with Crippen LogP contribution in [0.1, 0.15) is 25.8 Å². The van der Waals surface area contributed by atoms with Crippen molar-refractivity contribution < 1.29 is 22.7 Å². The van der Waals surface area contributed by atoms with E-state index in [1.165, 1.54) is 5.56 Å². The first-order chi connectivity index (χ1) is 12.8. The smallest absolute Gasteiger partial charge is 0.324 e. The molecule has 0 bridgehead atoms. The zero-order valence-electron chi connectivity index (χ0n) is 16.3. The highest BCUT2D eigenvalue weighted by Gasteiger charge is 2.30. The standard InChI is InChI=1S/C19H30N2O5S/c1-4-15(2)18(20-27(3,23)24)19(22)26-14-17-13-21(10-11-25-17)12-16-8-6-5-7-9-16/h5-9,15,17-18,20H,4,10-14H2,1-3H3/t15-,17+,18+/m0/s1. The third kappa shape index (κ3) is 7.57. The van der Waals surface area contributed by atoms with Crippen LogP contribution in [-0.4, -0.2) is 64.0 Å². The van der Waals surface area contributed by atoms with Crippen molar-refractivity contribution in [2.75, 3.05) is 32.6 Å². The van der Waals surface area contributed by atoms with Crippen LogP contribution in [-0.2, 0) is 30.8 Å². The number of morpholine rings is 1. The Hall–Kier alpha value is -1.48. The summed E-state index contributed by atoms with van der Waals surface area (Å²) in [6.07, 6.45) is 1.48. The normalized spacial score (nSPS) is 20.8. The molecule has 3 atom stereocenters. The Balaban J connectivity index is 1.87. The van der Waals surface area contributed by atoms with Crippen molar-refractivity contribution in [3.63, 3.8) is 0 Å². The van der Waals surface area contributed by atoms with Crippen molar-refractivity contribution in [3.05, 3.63) is 35.9 Å². The summed E-state index contributed by atoms with van der Waals surface area (Å²) in [5, 5.41) is 0. The highest BCUT2D eigenvalue weighted by atomic mass is 32.2. The van der Waals surface area contributed by atoms with Crippen molar-refractivity contribution in [1.82, 2.24) is 9.62 Å². The van der Waals surface area contributed by atoms with Gasteiger partial charge in [-0.2, -0.15) is 0 Å². The van der Waals surface area contributed by atoms with E-state index in [2.05, 4.69) is 21.8 Å². The molecule has 0 aliphatic carbocycles. The molecule has 0 unspecified atom stereocenters. The van der Waals surface area contributed by atoms with Gasteiger partial charge in [-0.05, 0) is 11.5 Å². The van der Waals surface area contributed by atoms with Crippen molar-refractivity contribution in [2.24, 2.45) is 5.92 Å². The SMILES string of the molecule is CC[C@H](C)[C@@H](NS(C)(=O)=O)C(=O)OC[C@H]1CN(Cc2ccccc2)CCO1. The van der Waals surface area contributed by atoms with Crippen LogP contribution >= 0.6 is 0 Å². The van der Waals surface area contributed by atoms with Crippen LogP contribution in [0.3, 0.4) is 0 Å². The molecule has 0 aromatic heterocycles. The van der Waals surface area contributed by atoms with Crippen LogP contribution in [0.15, 0.2) is 30.3 Å². The molecule has 152 valence electrons. The fraction of sp³-hybridized carbons (Fsp3) is 0.632. The Morgan fingerprint density at radius 2 is 2.07 bits per heavy atom. The molecule has 7 nitrogen and oxygen atoms in total. The zero-order valence-corrected chi connectivity index (χ0v) is 17.1. The molecule has 0 saturated carbocycles. The minimum absolute atomic E-state index is 0.114. The highest BCUT2D eigenvalue weighted by Crippen LogP contribution is 2.13. The molecule has 1 aliphatic heterocycles. The van der Waals surface area contributed by atoms with Gasteiger partial charge in [0.1, 0.15) is 18.8 Å². The first kappa shape index (κ1) is 21.8. The first-order valence-corrected chi connectivity index (χ1v) is 11.2. The van der Waals surface area contributed by atoms with E-state index >= 15 is 0 Å². The van der Waals surface area contributed by atoms with E-state index in [0.29, 0.717) is 19.6 Å². The van der Waals surface area contributed by atoms with E-state index in [1.807, 2.05) is 32.0 Å². The number of ether oxygens (including phenoxy) is 2. The first-order valence-electron chi connectivity index (χ1n) is 9.30. The number of sulfonamides is 1. The molecule has 1 N–H and O–H groups in total. The van der Waals surface area contributed by atoms with Crippen molar-refractivity contribution in [2.45, 2.75) is 39.0 Å². The number of hydrogen-bond acceptors (Lipinski definition) is 6. The number of carbonyl (C=O) groups excluding carboxylic acids is 1. The summed E-state index contributed by atoms with van der Waals surface area (Å²) in [6, 6.07) is 9.30. The summed E-state index contributed by atoms with van der Waals surface area (Å²) < 4.78 is 36.6. The van der Waals surface area contributed by atoms with Gasteiger partial charge in [-0.15, -0.1) is 0 Å². The van der Waals surface area contributed by atoms with Gasteiger partial charge in [0, 0.05) is 19.6 Å². The molecule has 0 spiro atoms. The quantitative estimate of drug-likeness (QED) is 0.633. The lowest BCUT2D eigenvalue weighted by atomic mass is 10.0. The molecular weight excluding hydrogens is 368 g/mol. The van der Waals surface area contributed by atoms with Crippen molar-refractivity contribution >= 4 is 16.0 Å². The maximum absolute atomic E-state index is 12.4. The summed E-state index contributed by atoms with van der Waals surface area (Å²) in [7, 11) is -3.50. The number of nitrogens with zero attached hydrogens (tertiary/aromatic N) is 1. The number of hydrogen-bond donors (Lipinski definition) is 1. The molecule has 8 heteroatoms. The molecule has 2 rings (SSSR count). The van der Waals surface area contributed by atoms with E-state index in [-0.39, 0.29) is 18.6 Å². The van der Waals surface area contributed by atoms with Gasteiger partial charge >= 0.3 is 5.97 Å². The number of carbonyl (C=O) groups is 1. The van der Waals surface area contributed by atoms with Gasteiger partial charge in [0.05, 0.1) is 12.9 Å². The van der Waals surface area contributed by atoms with Crippen LogP contribution in [0, 0.1) is 5.92 Å². The van der Waals surface area contributed by atoms with Gasteiger partial charge in [0.25, 0.3) is 0 Å². The van der Waals surface area contributed by atoms with Gasteiger partial charge in [-0.25, -0.2) is 13.1 Å². The van der Waals surface area contributed by atoms with E-state index in [1.54, 1.807) is 0 Å². The Morgan fingerprint density at radius 3 is 2.70 bits per heavy atom. The maximum atomic E-state index is 12.4. The summed E-state index contributed by atoms with van der Waals surface area (Å²) in [5.74, 6) is -0.715. The molecule has 1 heterocycles. The Labute approximate surface area is 162 Å². The average molecular weight is 399 g/mol. The molecule has 27 heavy (non-hydrogen) atoms. The number of benzene rings is 1. The monoisotopic (exact) mass is 398 g/mol. The van der Waals surface area contributed by atoms with Gasteiger partial charge in [-0.1, -0.05) is 50.6 Å². The summed E-state index contributed by atoms with van der Waals surface area (Å²) in [6.45, 7) is 6.72. The third-order valence-electron chi connectivity index (χ3n) is 4.69. The lowest BCUT2D eigenvalue weighted by Crippen LogP contribution is -2.48. The summed E-state index contributed by atoms with van der Waals surface area (Å²) in [5.41, 5.74) is 1.23.